The van der Waals surface area contributed by atoms with Crippen molar-refractivity contribution in [3.05, 3.63) is 94.0 Å². The number of hydrogen-bond acceptors (Lipinski definition) is 4. The molecule has 0 radical (unpaired) electrons. The van der Waals surface area contributed by atoms with Crippen molar-refractivity contribution in [1.82, 2.24) is 9.55 Å². The summed E-state index contributed by atoms with van der Waals surface area (Å²) >= 11 is 6.06. The number of piperazine rings is 1. The van der Waals surface area contributed by atoms with Crippen molar-refractivity contribution in [3.63, 3.8) is 0 Å². The first-order valence-electron chi connectivity index (χ1n) is 10.1. The highest BCUT2D eigenvalue weighted by molar-refractivity contribution is 6.30. The molecule has 0 aliphatic carbocycles. The zero-order valence-electron chi connectivity index (χ0n) is 16.7. The zero-order valence-corrected chi connectivity index (χ0v) is 17.5. The number of para-hydroxylation sites is 2. The van der Waals surface area contributed by atoms with Crippen LogP contribution in [0.15, 0.2) is 77.6 Å². The van der Waals surface area contributed by atoms with Gasteiger partial charge in [0.05, 0.1) is 22.3 Å². The maximum atomic E-state index is 14.2. The monoisotopic (exact) mass is 434 g/mol. The molecule has 5 nitrogen and oxygen atoms in total. The van der Waals surface area contributed by atoms with Gasteiger partial charge in [-0.15, -0.1) is 0 Å². The molecule has 1 fully saturated rings. The van der Waals surface area contributed by atoms with E-state index in [9.17, 15) is 9.18 Å². The van der Waals surface area contributed by atoms with E-state index in [1.54, 1.807) is 34.9 Å². The van der Waals surface area contributed by atoms with E-state index in [0.717, 1.165) is 0 Å². The Morgan fingerprint density at radius 1 is 0.806 bits per heavy atom. The molecule has 4 aromatic rings. The number of hydrogen-bond donors (Lipinski definition) is 0. The van der Waals surface area contributed by atoms with Crippen molar-refractivity contribution in [2.45, 2.75) is 0 Å². The summed E-state index contributed by atoms with van der Waals surface area (Å²) in [5.41, 5.74) is 1.84. The molecule has 1 aliphatic heterocycles. The van der Waals surface area contributed by atoms with E-state index in [0.29, 0.717) is 59.4 Å². The molecule has 3 aromatic carbocycles. The van der Waals surface area contributed by atoms with Gasteiger partial charge < -0.3 is 9.80 Å². The fraction of sp³-hybridized carbons (Fsp3) is 0.167. The van der Waals surface area contributed by atoms with Crippen LogP contribution in [0.25, 0.3) is 16.6 Å². The van der Waals surface area contributed by atoms with Crippen LogP contribution in [0.2, 0.25) is 5.02 Å². The van der Waals surface area contributed by atoms with Crippen LogP contribution in [0.4, 0.5) is 16.0 Å². The maximum Gasteiger partial charge on any atom is 0.267 e. The van der Waals surface area contributed by atoms with E-state index in [4.69, 9.17) is 16.6 Å². The van der Waals surface area contributed by atoms with Crippen molar-refractivity contribution >= 4 is 34.1 Å². The predicted molar refractivity (Wildman–Crippen MR) is 123 cm³/mol. The van der Waals surface area contributed by atoms with Gasteiger partial charge in [-0.1, -0.05) is 35.9 Å². The minimum absolute atomic E-state index is 0.126. The van der Waals surface area contributed by atoms with Gasteiger partial charge in [-0.05, 0) is 48.5 Å². The second kappa shape index (κ2) is 8.04. The third-order valence-corrected chi connectivity index (χ3v) is 5.85. The van der Waals surface area contributed by atoms with Gasteiger partial charge in [0, 0.05) is 31.2 Å². The molecule has 0 unspecified atom stereocenters. The van der Waals surface area contributed by atoms with Crippen LogP contribution >= 0.6 is 11.6 Å². The summed E-state index contributed by atoms with van der Waals surface area (Å²) in [5.74, 6) is 0.358. The molecule has 0 bridgehead atoms. The molecule has 0 spiro atoms. The van der Waals surface area contributed by atoms with Gasteiger partial charge in [-0.2, -0.15) is 0 Å². The van der Waals surface area contributed by atoms with Gasteiger partial charge in [0.25, 0.3) is 5.56 Å². The zero-order chi connectivity index (χ0) is 21.4. The molecule has 1 aromatic heterocycles. The van der Waals surface area contributed by atoms with Crippen LogP contribution in [0.1, 0.15) is 0 Å². The average Bonchev–Trinajstić information content (AvgIpc) is 2.80. The van der Waals surface area contributed by atoms with E-state index in [1.165, 1.54) is 6.07 Å². The molecule has 0 atom stereocenters. The second-order valence-corrected chi connectivity index (χ2v) is 7.91. The fourth-order valence-electron chi connectivity index (χ4n) is 4.01. The lowest BCUT2D eigenvalue weighted by Gasteiger charge is -2.37. The number of aromatic nitrogens is 2. The van der Waals surface area contributed by atoms with E-state index in [1.807, 2.05) is 41.3 Å². The quantitative estimate of drug-likeness (QED) is 0.476. The molecule has 156 valence electrons. The van der Waals surface area contributed by atoms with Crippen LogP contribution < -0.4 is 15.4 Å². The molecule has 2 heterocycles. The Balaban J connectivity index is 1.55. The summed E-state index contributed by atoms with van der Waals surface area (Å²) in [4.78, 5) is 22.4. The standard InChI is InChI=1S/C24H20ClFN4O/c25-17-9-11-18(12-10-17)30-23(31)19-5-1-3-7-21(19)27-24(30)29-15-13-28(14-16-29)22-8-4-2-6-20(22)26/h1-12H,13-16H2. The Hall–Kier alpha value is -3.38. The van der Waals surface area contributed by atoms with E-state index >= 15 is 0 Å². The summed E-state index contributed by atoms with van der Waals surface area (Å²) in [5, 5.41) is 1.16. The first-order valence-corrected chi connectivity index (χ1v) is 10.5. The minimum Gasteiger partial charge on any atom is -0.366 e. The molecule has 1 saturated heterocycles. The molecule has 0 amide bonds. The molecule has 31 heavy (non-hydrogen) atoms. The first-order chi connectivity index (χ1) is 15.1. The summed E-state index contributed by atoms with van der Waals surface area (Å²) in [6.07, 6.45) is 0. The van der Waals surface area contributed by atoms with Crippen LogP contribution in [-0.2, 0) is 0 Å². The summed E-state index contributed by atoms with van der Waals surface area (Å²) in [7, 11) is 0. The highest BCUT2D eigenvalue weighted by Gasteiger charge is 2.24. The number of benzene rings is 3. The molecule has 7 heteroatoms. The Bertz CT molecular complexity index is 1300. The van der Waals surface area contributed by atoms with Crippen molar-refractivity contribution in [1.29, 1.82) is 0 Å². The molecule has 5 rings (SSSR count). The van der Waals surface area contributed by atoms with Gasteiger partial charge in [0.2, 0.25) is 5.95 Å². The van der Waals surface area contributed by atoms with Crippen LogP contribution in [-0.4, -0.2) is 35.7 Å². The summed E-state index contributed by atoms with van der Waals surface area (Å²) in [6, 6.07) is 21.3. The average molecular weight is 435 g/mol. The highest BCUT2D eigenvalue weighted by Crippen LogP contribution is 2.25. The van der Waals surface area contributed by atoms with Crippen LogP contribution in [0.3, 0.4) is 0 Å². The molecule has 0 saturated carbocycles. The summed E-state index contributed by atoms with van der Waals surface area (Å²) in [6.45, 7) is 2.49. The van der Waals surface area contributed by atoms with Crippen molar-refractivity contribution in [2.75, 3.05) is 36.0 Å². The number of fused-ring (bicyclic) bond motifs is 1. The fourth-order valence-corrected chi connectivity index (χ4v) is 4.14. The van der Waals surface area contributed by atoms with Crippen LogP contribution in [0.5, 0.6) is 0 Å². The lowest BCUT2D eigenvalue weighted by atomic mass is 10.2. The van der Waals surface area contributed by atoms with Gasteiger partial charge >= 0.3 is 0 Å². The topological polar surface area (TPSA) is 41.4 Å². The predicted octanol–water partition coefficient (Wildman–Crippen LogP) is 4.50. The SMILES string of the molecule is O=c1c2ccccc2nc(N2CCN(c3ccccc3F)CC2)n1-c1ccc(Cl)cc1. The van der Waals surface area contributed by atoms with Crippen molar-refractivity contribution in [2.24, 2.45) is 0 Å². The smallest absolute Gasteiger partial charge is 0.267 e. The Labute approximate surface area is 183 Å². The molecular weight excluding hydrogens is 415 g/mol. The number of rotatable bonds is 3. The lowest BCUT2D eigenvalue weighted by Crippen LogP contribution is -2.48. The Kier molecular flexibility index (Phi) is 5.08. The van der Waals surface area contributed by atoms with Crippen molar-refractivity contribution in [3.8, 4) is 5.69 Å². The van der Waals surface area contributed by atoms with Gasteiger partial charge in [0.1, 0.15) is 5.82 Å². The van der Waals surface area contributed by atoms with E-state index < -0.39 is 0 Å². The minimum atomic E-state index is -0.224. The van der Waals surface area contributed by atoms with E-state index in [-0.39, 0.29) is 11.4 Å². The third-order valence-electron chi connectivity index (χ3n) is 5.60. The summed E-state index contributed by atoms with van der Waals surface area (Å²) < 4.78 is 15.9. The Morgan fingerprint density at radius 3 is 2.19 bits per heavy atom. The Morgan fingerprint density at radius 2 is 1.45 bits per heavy atom. The van der Waals surface area contributed by atoms with Crippen molar-refractivity contribution < 1.29 is 4.39 Å². The lowest BCUT2D eigenvalue weighted by molar-refractivity contribution is 0.591. The number of halogens is 2. The van der Waals surface area contributed by atoms with Gasteiger partial charge in [-0.3, -0.25) is 4.79 Å². The third kappa shape index (κ3) is 3.64. The highest BCUT2D eigenvalue weighted by atomic mass is 35.5. The number of nitrogens with zero attached hydrogens (tertiary/aromatic N) is 4. The van der Waals surface area contributed by atoms with Gasteiger partial charge in [0.15, 0.2) is 0 Å². The van der Waals surface area contributed by atoms with Crippen LogP contribution in [0, 0.1) is 5.82 Å². The molecular formula is C24H20ClFN4O. The largest absolute Gasteiger partial charge is 0.366 e. The second-order valence-electron chi connectivity index (χ2n) is 7.47. The van der Waals surface area contributed by atoms with E-state index in [2.05, 4.69) is 4.90 Å². The normalized spacial score (nSPS) is 14.3. The van der Waals surface area contributed by atoms with Gasteiger partial charge in [-0.25, -0.2) is 13.9 Å². The first kappa shape index (κ1) is 19.6. The molecule has 0 N–H and O–H groups in total. The number of anilines is 2. The maximum absolute atomic E-state index is 14.2. The molecule has 1 aliphatic rings.